The van der Waals surface area contributed by atoms with Crippen molar-refractivity contribution < 1.29 is 31.9 Å². The molecule has 0 fully saturated rings. The van der Waals surface area contributed by atoms with E-state index >= 15 is 0 Å². The number of nitrogens with zero attached hydrogens (tertiary/aromatic N) is 1. The second kappa shape index (κ2) is 10.8. The van der Waals surface area contributed by atoms with Crippen molar-refractivity contribution >= 4 is 43.5 Å². The number of ether oxygens (including phenoxy) is 2. The molecule has 5 rings (SSSR count). The summed E-state index contributed by atoms with van der Waals surface area (Å²) in [7, 11) is -2.44. The van der Waals surface area contributed by atoms with Gasteiger partial charge in [0.25, 0.3) is 0 Å². The first kappa shape index (κ1) is 26.9. The van der Waals surface area contributed by atoms with Gasteiger partial charge in [0.1, 0.15) is 11.6 Å². The van der Waals surface area contributed by atoms with Crippen molar-refractivity contribution in [2.45, 2.75) is 17.2 Å². The molecule has 0 saturated heterocycles. The first-order valence-corrected chi connectivity index (χ1v) is 13.9. The molecule has 1 heterocycles. The zero-order chi connectivity index (χ0) is 28.4. The Hall–Kier alpha value is -4.70. The number of aromatic nitrogens is 1. The molecular formula is C30H25FN2O6S. The minimum Gasteiger partial charge on any atom is -0.481 e. The molecule has 5 aromatic rings. The maximum atomic E-state index is 14.9. The number of amides is 1. The van der Waals surface area contributed by atoms with Gasteiger partial charge < -0.3 is 19.8 Å². The van der Waals surface area contributed by atoms with Gasteiger partial charge in [0, 0.05) is 23.6 Å². The van der Waals surface area contributed by atoms with E-state index in [1.54, 1.807) is 77.4 Å². The fourth-order valence-electron chi connectivity index (χ4n) is 4.81. The van der Waals surface area contributed by atoms with E-state index in [0.717, 1.165) is 6.07 Å². The molecule has 0 unspecified atom stereocenters. The lowest BCUT2D eigenvalue weighted by atomic mass is 10.1. The van der Waals surface area contributed by atoms with Crippen molar-refractivity contribution in [1.82, 2.24) is 4.57 Å². The largest absolute Gasteiger partial charge is 0.481 e. The Morgan fingerprint density at radius 3 is 2.27 bits per heavy atom. The third kappa shape index (κ3) is 5.13. The predicted octanol–water partition coefficient (Wildman–Crippen LogP) is 4.61. The van der Waals surface area contributed by atoms with Crippen LogP contribution in [0.15, 0.2) is 89.8 Å². The number of benzene rings is 4. The van der Waals surface area contributed by atoms with E-state index in [4.69, 9.17) is 10.5 Å². The molecule has 0 aliphatic heterocycles. The van der Waals surface area contributed by atoms with E-state index < -0.39 is 34.1 Å². The van der Waals surface area contributed by atoms with E-state index in [0.29, 0.717) is 32.9 Å². The van der Waals surface area contributed by atoms with E-state index in [1.807, 2.05) is 0 Å². The SMILES string of the molecule is COC(=O)COc1cc(F)cc2c1c1c(C(N)=O)cccc1n2Cc1ccccc1CS(=O)(=O)c1ccccc1. The Kier molecular flexibility index (Phi) is 7.27. The van der Waals surface area contributed by atoms with Gasteiger partial charge >= 0.3 is 5.97 Å². The summed E-state index contributed by atoms with van der Waals surface area (Å²) in [5, 5.41) is 0.823. The van der Waals surface area contributed by atoms with Crippen LogP contribution in [0.3, 0.4) is 0 Å². The summed E-state index contributed by atoms with van der Waals surface area (Å²) in [4.78, 5) is 24.4. The topological polar surface area (TPSA) is 118 Å². The quantitative estimate of drug-likeness (QED) is 0.263. The molecule has 0 bridgehead atoms. The molecule has 40 heavy (non-hydrogen) atoms. The highest BCUT2D eigenvalue weighted by Crippen LogP contribution is 2.39. The summed E-state index contributed by atoms with van der Waals surface area (Å²) in [6.45, 7) is -0.316. The van der Waals surface area contributed by atoms with Crippen molar-refractivity contribution in [1.29, 1.82) is 0 Å². The Morgan fingerprint density at radius 2 is 1.57 bits per heavy atom. The van der Waals surface area contributed by atoms with Crippen molar-refractivity contribution in [3.8, 4) is 5.75 Å². The van der Waals surface area contributed by atoms with Gasteiger partial charge in [-0.2, -0.15) is 0 Å². The third-order valence-electron chi connectivity index (χ3n) is 6.65. The Bertz CT molecular complexity index is 1870. The number of hydrogen-bond acceptors (Lipinski definition) is 6. The second-order valence-corrected chi connectivity index (χ2v) is 11.1. The molecular weight excluding hydrogens is 535 g/mol. The Morgan fingerprint density at radius 1 is 0.875 bits per heavy atom. The average molecular weight is 561 g/mol. The first-order chi connectivity index (χ1) is 19.2. The highest BCUT2D eigenvalue weighted by atomic mass is 32.2. The highest BCUT2D eigenvalue weighted by Gasteiger charge is 2.23. The van der Waals surface area contributed by atoms with Gasteiger partial charge in [-0.3, -0.25) is 4.79 Å². The van der Waals surface area contributed by atoms with Crippen molar-refractivity contribution in [3.63, 3.8) is 0 Å². The van der Waals surface area contributed by atoms with Crippen molar-refractivity contribution in [2.24, 2.45) is 5.73 Å². The maximum absolute atomic E-state index is 14.9. The van der Waals surface area contributed by atoms with Gasteiger partial charge in [0.2, 0.25) is 5.91 Å². The summed E-state index contributed by atoms with van der Waals surface area (Å²) in [6.07, 6.45) is 0. The van der Waals surface area contributed by atoms with Crippen LogP contribution in [0.2, 0.25) is 0 Å². The van der Waals surface area contributed by atoms with E-state index in [-0.39, 0.29) is 28.5 Å². The molecule has 204 valence electrons. The number of hydrogen-bond donors (Lipinski definition) is 1. The van der Waals surface area contributed by atoms with Crippen LogP contribution in [0.1, 0.15) is 21.5 Å². The van der Waals surface area contributed by atoms with Gasteiger partial charge in [0.15, 0.2) is 16.4 Å². The fourth-order valence-corrected chi connectivity index (χ4v) is 6.24. The van der Waals surface area contributed by atoms with Crippen molar-refractivity contribution in [2.75, 3.05) is 13.7 Å². The van der Waals surface area contributed by atoms with Gasteiger partial charge in [-0.1, -0.05) is 48.5 Å². The maximum Gasteiger partial charge on any atom is 0.343 e. The molecule has 0 atom stereocenters. The molecule has 0 spiro atoms. The zero-order valence-corrected chi connectivity index (χ0v) is 22.3. The van der Waals surface area contributed by atoms with Crippen LogP contribution >= 0.6 is 0 Å². The van der Waals surface area contributed by atoms with Crippen LogP contribution in [0, 0.1) is 5.82 Å². The minimum atomic E-state index is -3.64. The van der Waals surface area contributed by atoms with Crippen LogP contribution in [-0.4, -0.2) is 38.6 Å². The van der Waals surface area contributed by atoms with E-state index in [1.165, 1.54) is 13.2 Å². The number of esters is 1. The predicted molar refractivity (Wildman–Crippen MR) is 148 cm³/mol. The lowest BCUT2D eigenvalue weighted by Gasteiger charge is -2.14. The van der Waals surface area contributed by atoms with E-state index in [9.17, 15) is 22.4 Å². The molecule has 0 aliphatic carbocycles. The normalized spacial score (nSPS) is 11.6. The number of carbonyl (C=O) groups excluding carboxylic acids is 2. The first-order valence-electron chi connectivity index (χ1n) is 12.3. The highest BCUT2D eigenvalue weighted by molar-refractivity contribution is 7.90. The molecule has 1 amide bonds. The molecule has 4 aromatic carbocycles. The lowest BCUT2D eigenvalue weighted by molar-refractivity contribution is -0.142. The van der Waals surface area contributed by atoms with Gasteiger partial charge in [-0.25, -0.2) is 17.6 Å². The number of nitrogens with two attached hydrogens (primary N) is 1. The summed E-state index contributed by atoms with van der Waals surface area (Å²) >= 11 is 0. The fraction of sp³-hybridized carbons (Fsp3) is 0.133. The minimum absolute atomic E-state index is 0.0396. The number of halogens is 1. The second-order valence-electron chi connectivity index (χ2n) is 9.15. The number of fused-ring (bicyclic) bond motifs is 3. The third-order valence-corrected chi connectivity index (χ3v) is 8.33. The smallest absolute Gasteiger partial charge is 0.343 e. The van der Waals surface area contributed by atoms with Crippen LogP contribution < -0.4 is 10.5 Å². The summed E-state index contributed by atoms with van der Waals surface area (Å²) in [5.74, 6) is -2.18. The summed E-state index contributed by atoms with van der Waals surface area (Å²) in [6, 6.07) is 22.7. The van der Waals surface area contributed by atoms with Gasteiger partial charge in [-0.05, 0) is 41.5 Å². The molecule has 8 nitrogen and oxygen atoms in total. The monoisotopic (exact) mass is 560 g/mol. The lowest BCUT2D eigenvalue weighted by Crippen LogP contribution is -2.13. The zero-order valence-electron chi connectivity index (χ0n) is 21.5. The molecule has 0 aliphatic rings. The van der Waals surface area contributed by atoms with Crippen LogP contribution in [0.4, 0.5) is 4.39 Å². The number of rotatable bonds is 9. The Labute approximate surface area is 229 Å². The summed E-state index contributed by atoms with van der Waals surface area (Å²) < 4.78 is 53.3. The number of carbonyl (C=O) groups is 2. The molecule has 2 N–H and O–H groups in total. The molecule has 0 radical (unpaired) electrons. The van der Waals surface area contributed by atoms with Crippen molar-refractivity contribution in [3.05, 3.63) is 107 Å². The molecule has 1 aromatic heterocycles. The van der Waals surface area contributed by atoms with Crippen LogP contribution in [-0.2, 0) is 31.7 Å². The number of primary amides is 1. The standard InChI is InChI=1S/C30H25FN2O6S/c1-38-27(34)17-39-26-15-21(31)14-25-29(26)28-23(30(32)35)12-7-13-24(28)33(25)16-19-8-5-6-9-20(19)18-40(36,37)22-10-3-2-4-11-22/h2-15H,16-18H2,1H3,(H2,32,35). The average Bonchev–Trinajstić information content (AvgIpc) is 3.25. The molecule has 10 heteroatoms. The van der Waals surface area contributed by atoms with Gasteiger partial charge in [0.05, 0.1) is 34.2 Å². The van der Waals surface area contributed by atoms with Crippen LogP contribution in [0.5, 0.6) is 5.75 Å². The van der Waals surface area contributed by atoms with Gasteiger partial charge in [-0.15, -0.1) is 0 Å². The number of methoxy groups -OCH3 is 1. The van der Waals surface area contributed by atoms with E-state index in [2.05, 4.69) is 4.74 Å². The van der Waals surface area contributed by atoms with Crippen LogP contribution in [0.25, 0.3) is 21.8 Å². The number of sulfone groups is 1. The Balaban J connectivity index is 1.69. The molecule has 0 saturated carbocycles. The summed E-state index contributed by atoms with van der Waals surface area (Å²) in [5.41, 5.74) is 8.09.